The van der Waals surface area contributed by atoms with Gasteiger partial charge in [0.25, 0.3) is 0 Å². The van der Waals surface area contributed by atoms with Gasteiger partial charge in [-0.2, -0.15) is 0 Å². The minimum atomic E-state index is -0.474. The van der Waals surface area contributed by atoms with Gasteiger partial charge in [-0.3, -0.25) is 0 Å². The number of cyclic esters (lactones) is 1. The zero-order valence-electron chi connectivity index (χ0n) is 18.4. The number of hydrogen-bond donors (Lipinski definition) is 0. The minimum absolute atomic E-state index is 0.247. The van der Waals surface area contributed by atoms with Crippen LogP contribution in [0.25, 0.3) is 6.08 Å². The third kappa shape index (κ3) is 4.89. The Morgan fingerprint density at radius 3 is 2.47 bits per heavy atom. The van der Waals surface area contributed by atoms with Gasteiger partial charge in [-0.1, -0.05) is 48.0 Å². The number of esters is 1. The van der Waals surface area contributed by atoms with E-state index in [1.165, 1.54) is 5.56 Å². The van der Waals surface area contributed by atoms with Crippen LogP contribution in [0.4, 0.5) is 0 Å². The molecule has 1 aliphatic rings. The molecule has 4 rings (SSSR count). The van der Waals surface area contributed by atoms with Crippen molar-refractivity contribution >= 4 is 17.9 Å². The molecule has 0 radical (unpaired) electrons. The second kappa shape index (κ2) is 9.52. The van der Waals surface area contributed by atoms with E-state index in [9.17, 15) is 4.79 Å². The van der Waals surface area contributed by atoms with Crippen LogP contribution in [0.2, 0.25) is 0 Å². The molecule has 0 aromatic heterocycles. The van der Waals surface area contributed by atoms with Gasteiger partial charge in [0, 0.05) is 5.56 Å². The number of nitrogens with zero attached hydrogens (tertiary/aromatic N) is 1. The first-order valence-corrected chi connectivity index (χ1v) is 10.6. The average Bonchev–Trinajstić information content (AvgIpc) is 3.15. The fourth-order valence-corrected chi connectivity index (χ4v) is 3.32. The molecule has 1 aliphatic heterocycles. The topological polar surface area (TPSA) is 57.1 Å². The van der Waals surface area contributed by atoms with Gasteiger partial charge in [-0.25, -0.2) is 9.79 Å². The SMILES string of the molecule is CCOc1cc(/C=C2/N=C(c3ccc(C)cc3)OC2=O)ccc1OCc1ccccc1C. The highest BCUT2D eigenvalue weighted by Crippen LogP contribution is 2.31. The highest BCUT2D eigenvalue weighted by molar-refractivity contribution is 6.12. The maximum atomic E-state index is 12.3. The number of rotatable bonds is 7. The predicted molar refractivity (Wildman–Crippen MR) is 125 cm³/mol. The van der Waals surface area contributed by atoms with Crippen molar-refractivity contribution in [2.24, 2.45) is 4.99 Å². The molecule has 0 saturated heterocycles. The van der Waals surface area contributed by atoms with Crippen molar-refractivity contribution in [3.05, 3.63) is 100 Å². The Morgan fingerprint density at radius 2 is 1.72 bits per heavy atom. The maximum absolute atomic E-state index is 12.3. The minimum Gasteiger partial charge on any atom is -0.490 e. The molecule has 0 N–H and O–H groups in total. The van der Waals surface area contributed by atoms with Crippen LogP contribution < -0.4 is 9.47 Å². The number of ether oxygens (including phenoxy) is 3. The fourth-order valence-electron chi connectivity index (χ4n) is 3.32. The Kier molecular flexibility index (Phi) is 6.36. The Morgan fingerprint density at radius 1 is 0.938 bits per heavy atom. The Balaban J connectivity index is 1.56. The van der Waals surface area contributed by atoms with Gasteiger partial charge in [0.05, 0.1) is 6.61 Å². The van der Waals surface area contributed by atoms with Gasteiger partial charge >= 0.3 is 5.97 Å². The summed E-state index contributed by atoms with van der Waals surface area (Å²) in [7, 11) is 0. The van der Waals surface area contributed by atoms with Crippen LogP contribution in [0.15, 0.2) is 77.4 Å². The van der Waals surface area contributed by atoms with Crippen LogP contribution in [-0.2, 0) is 16.1 Å². The molecule has 0 atom stereocenters. The molecule has 5 heteroatoms. The molecule has 0 aliphatic carbocycles. The van der Waals surface area contributed by atoms with Gasteiger partial charge < -0.3 is 14.2 Å². The number of aryl methyl sites for hydroxylation is 2. The summed E-state index contributed by atoms with van der Waals surface area (Å²) in [5.41, 5.74) is 5.21. The van der Waals surface area contributed by atoms with E-state index in [0.717, 1.165) is 22.3 Å². The van der Waals surface area contributed by atoms with E-state index >= 15 is 0 Å². The van der Waals surface area contributed by atoms with E-state index in [2.05, 4.69) is 18.0 Å². The number of carbonyl (C=O) groups is 1. The monoisotopic (exact) mass is 427 g/mol. The number of hydrogen-bond acceptors (Lipinski definition) is 5. The molecule has 162 valence electrons. The fraction of sp³-hybridized carbons (Fsp3) is 0.185. The van der Waals surface area contributed by atoms with Crippen LogP contribution in [-0.4, -0.2) is 18.5 Å². The number of benzene rings is 3. The third-order valence-electron chi connectivity index (χ3n) is 5.13. The van der Waals surface area contributed by atoms with E-state index in [1.807, 2.05) is 74.5 Å². The summed E-state index contributed by atoms with van der Waals surface area (Å²) in [6.07, 6.45) is 1.69. The van der Waals surface area contributed by atoms with E-state index in [-0.39, 0.29) is 5.70 Å². The van der Waals surface area contributed by atoms with Gasteiger partial charge in [0.1, 0.15) is 6.61 Å². The molecule has 3 aromatic rings. The standard InChI is InChI=1S/C27H25NO4/c1-4-30-25-16-20(11-14-24(25)31-17-22-8-6-5-7-19(22)3)15-23-27(29)32-26(28-23)21-12-9-18(2)10-13-21/h5-16H,4,17H2,1-3H3/b23-15+. The molecule has 0 fully saturated rings. The van der Waals surface area contributed by atoms with E-state index in [0.29, 0.717) is 30.6 Å². The highest BCUT2D eigenvalue weighted by atomic mass is 16.6. The summed E-state index contributed by atoms with van der Waals surface area (Å²) in [6.45, 7) is 6.93. The van der Waals surface area contributed by atoms with Crippen LogP contribution in [0, 0.1) is 13.8 Å². The molecular weight excluding hydrogens is 402 g/mol. The average molecular weight is 428 g/mol. The van der Waals surface area contributed by atoms with E-state index in [4.69, 9.17) is 14.2 Å². The van der Waals surface area contributed by atoms with Crippen LogP contribution >= 0.6 is 0 Å². The zero-order valence-corrected chi connectivity index (χ0v) is 18.4. The van der Waals surface area contributed by atoms with Crippen molar-refractivity contribution in [1.29, 1.82) is 0 Å². The Bertz CT molecular complexity index is 1190. The lowest BCUT2D eigenvalue weighted by molar-refractivity contribution is -0.129. The summed E-state index contributed by atoms with van der Waals surface area (Å²) in [5, 5.41) is 0. The second-order valence-electron chi connectivity index (χ2n) is 7.56. The molecule has 0 spiro atoms. The number of aliphatic imine (C=N–C) groups is 1. The highest BCUT2D eigenvalue weighted by Gasteiger charge is 2.24. The molecule has 1 heterocycles. The van der Waals surface area contributed by atoms with Crippen molar-refractivity contribution in [1.82, 2.24) is 0 Å². The Hall–Kier alpha value is -3.86. The lowest BCUT2D eigenvalue weighted by atomic mass is 10.1. The van der Waals surface area contributed by atoms with Crippen molar-refractivity contribution < 1.29 is 19.0 Å². The van der Waals surface area contributed by atoms with E-state index < -0.39 is 5.97 Å². The largest absolute Gasteiger partial charge is 0.490 e. The molecular formula is C27H25NO4. The first-order chi connectivity index (χ1) is 15.5. The summed E-state index contributed by atoms with van der Waals surface area (Å²) >= 11 is 0. The van der Waals surface area contributed by atoms with Crippen molar-refractivity contribution in [2.75, 3.05) is 6.61 Å². The smallest absolute Gasteiger partial charge is 0.363 e. The predicted octanol–water partition coefficient (Wildman–Crippen LogP) is 5.63. The Labute approximate surface area is 188 Å². The quantitative estimate of drug-likeness (QED) is 0.362. The molecule has 0 amide bonds. The summed E-state index contributed by atoms with van der Waals surface area (Å²) < 4.78 is 17.2. The molecule has 0 bridgehead atoms. The zero-order chi connectivity index (χ0) is 22.5. The van der Waals surface area contributed by atoms with Gasteiger partial charge in [-0.05, 0) is 67.8 Å². The third-order valence-corrected chi connectivity index (χ3v) is 5.13. The van der Waals surface area contributed by atoms with Crippen LogP contribution in [0.1, 0.15) is 34.7 Å². The molecule has 32 heavy (non-hydrogen) atoms. The van der Waals surface area contributed by atoms with Crippen molar-refractivity contribution in [3.63, 3.8) is 0 Å². The van der Waals surface area contributed by atoms with Gasteiger partial charge in [0.2, 0.25) is 5.90 Å². The first-order valence-electron chi connectivity index (χ1n) is 10.6. The molecule has 0 unspecified atom stereocenters. The summed E-state index contributed by atoms with van der Waals surface area (Å²) in [5.74, 6) is 1.10. The van der Waals surface area contributed by atoms with Crippen molar-refractivity contribution in [3.8, 4) is 11.5 Å². The van der Waals surface area contributed by atoms with Gasteiger partial charge in [0.15, 0.2) is 17.2 Å². The first kappa shape index (κ1) is 21.4. The lowest BCUT2D eigenvalue weighted by Gasteiger charge is -2.13. The molecule has 3 aromatic carbocycles. The molecule has 5 nitrogen and oxygen atoms in total. The van der Waals surface area contributed by atoms with Crippen LogP contribution in [0.5, 0.6) is 11.5 Å². The van der Waals surface area contributed by atoms with E-state index in [1.54, 1.807) is 6.08 Å². The maximum Gasteiger partial charge on any atom is 0.363 e. The summed E-state index contributed by atoms with van der Waals surface area (Å²) in [4.78, 5) is 16.7. The normalized spacial score (nSPS) is 14.3. The summed E-state index contributed by atoms with van der Waals surface area (Å²) in [6, 6.07) is 21.4. The van der Waals surface area contributed by atoms with Gasteiger partial charge in [-0.15, -0.1) is 0 Å². The number of carbonyl (C=O) groups excluding carboxylic acids is 1. The second-order valence-corrected chi connectivity index (χ2v) is 7.56. The van der Waals surface area contributed by atoms with Crippen LogP contribution in [0.3, 0.4) is 0 Å². The lowest BCUT2D eigenvalue weighted by Crippen LogP contribution is -2.05. The molecule has 0 saturated carbocycles. The van der Waals surface area contributed by atoms with Crippen molar-refractivity contribution in [2.45, 2.75) is 27.4 Å².